The zero-order valence-corrected chi connectivity index (χ0v) is 18.6. The first-order chi connectivity index (χ1) is 15.8. The maximum Gasteiger partial charge on any atom is 0.325 e. The summed E-state index contributed by atoms with van der Waals surface area (Å²) in [5, 5.41) is 9.97. The molecule has 0 radical (unpaired) electrons. The Labute approximate surface area is 194 Å². The van der Waals surface area contributed by atoms with Gasteiger partial charge in [-0.05, 0) is 61.1 Å². The molecule has 10 heteroatoms. The quantitative estimate of drug-likeness (QED) is 0.564. The number of nitrogens with one attached hydrogen (secondary N) is 2. The normalized spacial score (nSPS) is 19.5. The predicted molar refractivity (Wildman–Crippen MR) is 121 cm³/mol. The van der Waals surface area contributed by atoms with Crippen molar-refractivity contribution in [2.75, 3.05) is 11.9 Å². The van der Waals surface area contributed by atoms with Crippen LogP contribution in [0.3, 0.4) is 0 Å². The summed E-state index contributed by atoms with van der Waals surface area (Å²) in [4.78, 5) is 43.6. The molecule has 1 saturated heterocycles. The number of amides is 4. The van der Waals surface area contributed by atoms with Crippen LogP contribution < -0.4 is 10.6 Å². The second-order valence-corrected chi connectivity index (χ2v) is 8.77. The predicted octanol–water partition coefficient (Wildman–Crippen LogP) is 2.82. The van der Waals surface area contributed by atoms with Crippen LogP contribution in [0.25, 0.3) is 5.69 Å². The molecule has 1 aliphatic carbocycles. The Kier molecular flexibility index (Phi) is 5.13. The van der Waals surface area contributed by atoms with Gasteiger partial charge in [0.1, 0.15) is 24.7 Å². The number of anilines is 1. The molecule has 0 bridgehead atoms. The van der Waals surface area contributed by atoms with Gasteiger partial charge < -0.3 is 10.6 Å². The van der Waals surface area contributed by atoms with E-state index in [4.69, 9.17) is 11.6 Å². The van der Waals surface area contributed by atoms with E-state index in [0.717, 1.165) is 24.2 Å². The topological polar surface area (TPSA) is 109 Å². The van der Waals surface area contributed by atoms with Crippen LogP contribution in [0.4, 0.5) is 10.5 Å². The van der Waals surface area contributed by atoms with Gasteiger partial charge in [0.2, 0.25) is 5.91 Å². The van der Waals surface area contributed by atoms with Crippen molar-refractivity contribution >= 4 is 35.1 Å². The number of urea groups is 1. The highest BCUT2D eigenvalue weighted by atomic mass is 35.5. The molecule has 1 aliphatic heterocycles. The van der Waals surface area contributed by atoms with Gasteiger partial charge in [-0.25, -0.2) is 14.5 Å². The summed E-state index contributed by atoms with van der Waals surface area (Å²) in [6.45, 7) is 1.23. The third-order valence-electron chi connectivity index (χ3n) is 6.15. The highest BCUT2D eigenvalue weighted by Crippen LogP contribution is 2.32. The average Bonchev–Trinajstić information content (AvgIpc) is 3.51. The van der Waals surface area contributed by atoms with E-state index in [0.29, 0.717) is 22.0 Å². The Bertz CT molecular complexity index is 1280. The standard InChI is InChI=1S/C23H21ClN6O3/c1-23(16-6-5-14-3-2-4-15(14)9-16)21(32)29(22(33)28-23)11-20(31)27-18-10-17(24)7-8-19(18)30-13-25-12-26-30/h5-10,12-13H,2-4,11H2,1H3,(H,27,31)(H,28,33). The third-order valence-corrected chi connectivity index (χ3v) is 6.39. The largest absolute Gasteiger partial charge is 0.325 e. The van der Waals surface area contributed by atoms with Gasteiger partial charge in [-0.2, -0.15) is 5.10 Å². The molecule has 33 heavy (non-hydrogen) atoms. The zero-order chi connectivity index (χ0) is 23.2. The highest BCUT2D eigenvalue weighted by molar-refractivity contribution is 6.31. The molecule has 2 aliphatic rings. The minimum absolute atomic E-state index is 0.381. The Balaban J connectivity index is 1.35. The van der Waals surface area contributed by atoms with Gasteiger partial charge in [0.25, 0.3) is 5.91 Å². The van der Waals surface area contributed by atoms with Crippen LogP contribution in [0.5, 0.6) is 0 Å². The second-order valence-electron chi connectivity index (χ2n) is 8.33. The first-order valence-corrected chi connectivity index (χ1v) is 10.9. The van der Waals surface area contributed by atoms with Crippen LogP contribution in [0.1, 0.15) is 30.0 Å². The van der Waals surface area contributed by atoms with Crippen LogP contribution >= 0.6 is 11.6 Å². The summed E-state index contributed by atoms with van der Waals surface area (Å²) in [5.41, 5.74) is 2.90. The van der Waals surface area contributed by atoms with Crippen molar-refractivity contribution in [1.29, 1.82) is 0 Å². The number of hydrogen-bond donors (Lipinski definition) is 2. The Morgan fingerprint density at radius 2 is 2.00 bits per heavy atom. The zero-order valence-electron chi connectivity index (χ0n) is 17.8. The van der Waals surface area contributed by atoms with E-state index in [1.54, 1.807) is 25.1 Å². The molecule has 3 aromatic rings. The molecule has 1 atom stereocenters. The molecule has 0 saturated carbocycles. The lowest BCUT2D eigenvalue weighted by Crippen LogP contribution is -2.42. The average molecular weight is 465 g/mol. The van der Waals surface area contributed by atoms with Gasteiger partial charge in [-0.15, -0.1) is 0 Å². The lowest BCUT2D eigenvalue weighted by Gasteiger charge is -2.23. The first kappa shape index (κ1) is 21.1. The van der Waals surface area contributed by atoms with Gasteiger partial charge in [-0.1, -0.05) is 29.8 Å². The molecule has 1 unspecified atom stereocenters. The number of halogens is 1. The molecule has 5 rings (SSSR count). The van der Waals surface area contributed by atoms with Gasteiger partial charge >= 0.3 is 6.03 Å². The van der Waals surface area contributed by atoms with Crippen LogP contribution in [-0.4, -0.2) is 44.1 Å². The van der Waals surface area contributed by atoms with Crippen LogP contribution in [0.15, 0.2) is 49.1 Å². The number of aromatic nitrogens is 3. The van der Waals surface area contributed by atoms with Gasteiger partial charge in [0, 0.05) is 5.02 Å². The van der Waals surface area contributed by atoms with Gasteiger partial charge in [0.05, 0.1) is 11.4 Å². The summed E-state index contributed by atoms with van der Waals surface area (Å²) in [6, 6.07) is 10.2. The lowest BCUT2D eigenvalue weighted by atomic mass is 9.89. The SMILES string of the molecule is CC1(c2ccc3c(c2)CCC3)NC(=O)N(CC(=O)Nc2cc(Cl)ccc2-n2cncn2)C1=O. The number of rotatable bonds is 5. The summed E-state index contributed by atoms with van der Waals surface area (Å²) in [5.74, 6) is -1.01. The molecule has 168 valence electrons. The van der Waals surface area contributed by atoms with E-state index in [-0.39, 0.29) is 0 Å². The number of aryl methyl sites for hydroxylation is 2. The second kappa shape index (κ2) is 8.00. The van der Waals surface area contributed by atoms with E-state index in [9.17, 15) is 14.4 Å². The monoisotopic (exact) mass is 464 g/mol. The highest BCUT2D eigenvalue weighted by Gasteiger charge is 2.49. The molecule has 0 spiro atoms. The van der Waals surface area contributed by atoms with Crippen molar-refractivity contribution in [1.82, 2.24) is 25.0 Å². The molecular formula is C23H21ClN6O3. The van der Waals surface area contributed by atoms with E-state index in [2.05, 4.69) is 20.7 Å². The smallest absolute Gasteiger partial charge is 0.323 e. The Morgan fingerprint density at radius 1 is 1.18 bits per heavy atom. The van der Waals surface area contributed by atoms with E-state index >= 15 is 0 Å². The third kappa shape index (κ3) is 3.74. The minimum atomic E-state index is -1.23. The molecule has 4 amide bonds. The Hall–Kier alpha value is -3.72. The number of nitrogens with zero attached hydrogens (tertiary/aromatic N) is 4. The van der Waals surface area contributed by atoms with Gasteiger partial charge in [-0.3, -0.25) is 14.5 Å². The maximum atomic E-state index is 13.3. The molecular weight excluding hydrogens is 444 g/mol. The van der Waals surface area contributed by atoms with E-state index < -0.39 is 29.9 Å². The van der Waals surface area contributed by atoms with Crippen molar-refractivity contribution in [3.63, 3.8) is 0 Å². The van der Waals surface area contributed by atoms with Crippen LogP contribution in [0, 0.1) is 0 Å². The van der Waals surface area contributed by atoms with Crippen LogP contribution in [0.2, 0.25) is 5.02 Å². The number of hydrogen-bond acceptors (Lipinski definition) is 5. The summed E-state index contributed by atoms with van der Waals surface area (Å²) in [6.07, 6.45) is 5.92. The molecule has 9 nitrogen and oxygen atoms in total. The maximum absolute atomic E-state index is 13.3. The molecule has 1 aromatic heterocycles. The lowest BCUT2D eigenvalue weighted by molar-refractivity contribution is -0.133. The van der Waals surface area contributed by atoms with Crippen LogP contribution in [-0.2, 0) is 28.0 Å². The number of fused-ring (bicyclic) bond motifs is 1. The number of carbonyl (C=O) groups excluding carboxylic acids is 3. The Morgan fingerprint density at radius 3 is 2.79 bits per heavy atom. The van der Waals surface area contributed by atoms with Crippen molar-refractivity contribution in [3.8, 4) is 5.69 Å². The van der Waals surface area contributed by atoms with Crippen molar-refractivity contribution in [2.45, 2.75) is 31.7 Å². The van der Waals surface area contributed by atoms with E-state index in [1.165, 1.54) is 28.5 Å². The first-order valence-electron chi connectivity index (χ1n) is 10.6. The number of carbonyl (C=O) groups is 3. The summed E-state index contributed by atoms with van der Waals surface area (Å²) >= 11 is 6.10. The van der Waals surface area contributed by atoms with E-state index in [1.807, 2.05) is 18.2 Å². The minimum Gasteiger partial charge on any atom is -0.323 e. The number of benzene rings is 2. The fourth-order valence-electron chi connectivity index (χ4n) is 4.39. The molecule has 2 heterocycles. The van der Waals surface area contributed by atoms with Gasteiger partial charge in [0.15, 0.2) is 0 Å². The molecule has 1 fully saturated rings. The fourth-order valence-corrected chi connectivity index (χ4v) is 4.57. The van der Waals surface area contributed by atoms with Crippen molar-refractivity contribution < 1.29 is 14.4 Å². The summed E-state index contributed by atoms with van der Waals surface area (Å²) in [7, 11) is 0. The summed E-state index contributed by atoms with van der Waals surface area (Å²) < 4.78 is 1.48. The molecule has 2 N–H and O–H groups in total. The van der Waals surface area contributed by atoms with Crippen molar-refractivity contribution in [2.24, 2.45) is 0 Å². The van der Waals surface area contributed by atoms with Crippen molar-refractivity contribution in [3.05, 3.63) is 70.8 Å². The molecule has 2 aromatic carbocycles. The fraction of sp³-hybridized carbons (Fsp3) is 0.261. The number of imide groups is 1.